The van der Waals surface area contributed by atoms with Gasteiger partial charge in [0, 0.05) is 29.6 Å². The maximum Gasteiger partial charge on any atom is 0.303 e. The lowest BCUT2D eigenvalue weighted by molar-refractivity contribution is -0.136. The zero-order chi connectivity index (χ0) is 18.4. The van der Waals surface area contributed by atoms with Gasteiger partial charge in [0.25, 0.3) is 0 Å². The number of hydrogen-bond acceptors (Lipinski definition) is 4. The van der Waals surface area contributed by atoms with Gasteiger partial charge in [-0.1, -0.05) is 24.3 Å². The summed E-state index contributed by atoms with van der Waals surface area (Å²) in [5.74, 6) is 0.539. The molecule has 0 amide bonds. The molecular formula is C21H21NO4. The monoisotopic (exact) mass is 351 g/mol. The number of fused-ring (bicyclic) bond motifs is 1. The van der Waals surface area contributed by atoms with Crippen molar-refractivity contribution >= 4 is 16.9 Å². The summed E-state index contributed by atoms with van der Waals surface area (Å²) in [7, 11) is 0. The zero-order valence-corrected chi connectivity index (χ0v) is 14.6. The molecule has 0 saturated heterocycles. The van der Waals surface area contributed by atoms with Gasteiger partial charge in [-0.25, -0.2) is 0 Å². The number of carboxylic acids is 1. The molecule has 3 aromatic rings. The minimum atomic E-state index is -0.822. The van der Waals surface area contributed by atoms with Crippen LogP contribution in [-0.4, -0.2) is 22.7 Å². The number of aliphatic carboxylic acids is 1. The summed E-state index contributed by atoms with van der Waals surface area (Å²) < 4.78 is 11.6. The Balaban J connectivity index is 1.76. The standard InChI is InChI=1S/C21H21NO4/c1-2-25-20-13-17(9-7-15(20)8-10-21(23)24)26-14-16-11-12-22-19-6-4-3-5-18(16)19/h3-7,9,11-13H,2,8,10,14H2,1H3,(H,23,24). The lowest BCUT2D eigenvalue weighted by Crippen LogP contribution is -2.02. The highest BCUT2D eigenvalue weighted by Crippen LogP contribution is 2.27. The van der Waals surface area contributed by atoms with E-state index in [1.807, 2.05) is 55.5 Å². The summed E-state index contributed by atoms with van der Waals surface area (Å²) >= 11 is 0. The molecule has 0 fully saturated rings. The minimum absolute atomic E-state index is 0.0727. The van der Waals surface area contributed by atoms with E-state index in [0.29, 0.717) is 31.1 Å². The molecular weight excluding hydrogens is 330 g/mol. The highest BCUT2D eigenvalue weighted by Gasteiger charge is 2.09. The van der Waals surface area contributed by atoms with E-state index in [2.05, 4.69) is 4.98 Å². The minimum Gasteiger partial charge on any atom is -0.493 e. The molecule has 0 atom stereocenters. The highest BCUT2D eigenvalue weighted by molar-refractivity contribution is 5.81. The molecule has 0 aliphatic carbocycles. The Morgan fingerprint density at radius 1 is 1.08 bits per heavy atom. The van der Waals surface area contributed by atoms with Crippen LogP contribution in [0.4, 0.5) is 0 Å². The summed E-state index contributed by atoms with van der Waals surface area (Å²) in [6, 6.07) is 15.4. The van der Waals surface area contributed by atoms with Gasteiger partial charge >= 0.3 is 5.97 Å². The number of ether oxygens (including phenoxy) is 2. The Hall–Kier alpha value is -3.08. The largest absolute Gasteiger partial charge is 0.493 e. The maximum atomic E-state index is 10.8. The lowest BCUT2D eigenvalue weighted by atomic mass is 10.1. The number of carboxylic acid groups (broad SMARTS) is 1. The predicted molar refractivity (Wildman–Crippen MR) is 99.6 cm³/mol. The Morgan fingerprint density at radius 3 is 2.73 bits per heavy atom. The van der Waals surface area contributed by atoms with Gasteiger partial charge in [-0.3, -0.25) is 9.78 Å². The Morgan fingerprint density at radius 2 is 1.92 bits per heavy atom. The first kappa shape index (κ1) is 17.7. The molecule has 0 bridgehead atoms. The third-order valence-corrected chi connectivity index (χ3v) is 4.08. The smallest absolute Gasteiger partial charge is 0.303 e. The topological polar surface area (TPSA) is 68.7 Å². The van der Waals surface area contributed by atoms with Crippen LogP contribution in [0.1, 0.15) is 24.5 Å². The van der Waals surface area contributed by atoms with Crippen molar-refractivity contribution in [3.8, 4) is 11.5 Å². The van der Waals surface area contributed by atoms with Gasteiger partial charge in [0.2, 0.25) is 0 Å². The van der Waals surface area contributed by atoms with Gasteiger partial charge in [0.15, 0.2) is 0 Å². The van der Waals surface area contributed by atoms with Crippen LogP contribution < -0.4 is 9.47 Å². The Bertz CT molecular complexity index is 902. The van der Waals surface area contributed by atoms with E-state index in [9.17, 15) is 4.79 Å². The second-order valence-electron chi connectivity index (χ2n) is 5.87. The van der Waals surface area contributed by atoms with Crippen LogP contribution >= 0.6 is 0 Å². The predicted octanol–water partition coefficient (Wildman–Crippen LogP) is 4.23. The third kappa shape index (κ3) is 4.30. The number of nitrogens with zero attached hydrogens (tertiary/aromatic N) is 1. The number of pyridine rings is 1. The molecule has 1 N–H and O–H groups in total. The van der Waals surface area contributed by atoms with E-state index in [-0.39, 0.29) is 6.42 Å². The Kier molecular flexibility index (Phi) is 5.69. The molecule has 1 heterocycles. The quantitative estimate of drug-likeness (QED) is 0.658. The highest BCUT2D eigenvalue weighted by atomic mass is 16.5. The van der Waals surface area contributed by atoms with Crippen molar-refractivity contribution in [3.05, 3.63) is 65.9 Å². The number of hydrogen-bond donors (Lipinski definition) is 1. The zero-order valence-electron chi connectivity index (χ0n) is 14.6. The second kappa shape index (κ2) is 8.34. The molecule has 0 aliphatic rings. The van der Waals surface area contributed by atoms with Crippen molar-refractivity contribution in [2.45, 2.75) is 26.4 Å². The average Bonchev–Trinajstić information content (AvgIpc) is 2.65. The number of rotatable bonds is 8. The first-order valence-corrected chi connectivity index (χ1v) is 8.60. The van der Waals surface area contributed by atoms with Crippen molar-refractivity contribution in [3.63, 3.8) is 0 Å². The molecule has 5 heteroatoms. The molecule has 2 aromatic carbocycles. The fourth-order valence-electron chi connectivity index (χ4n) is 2.80. The SMILES string of the molecule is CCOc1cc(OCc2ccnc3ccccc23)ccc1CCC(=O)O. The normalized spacial score (nSPS) is 10.7. The van der Waals surface area contributed by atoms with Crippen molar-refractivity contribution < 1.29 is 19.4 Å². The number of carbonyl (C=O) groups is 1. The Labute approximate surface area is 152 Å². The molecule has 5 nitrogen and oxygen atoms in total. The van der Waals surface area contributed by atoms with Gasteiger partial charge in [-0.05, 0) is 37.1 Å². The van der Waals surface area contributed by atoms with Crippen LogP contribution in [0.3, 0.4) is 0 Å². The molecule has 134 valence electrons. The van der Waals surface area contributed by atoms with Crippen LogP contribution in [0.2, 0.25) is 0 Å². The summed E-state index contributed by atoms with van der Waals surface area (Å²) in [6.45, 7) is 2.83. The summed E-state index contributed by atoms with van der Waals surface area (Å²) in [5, 5.41) is 9.94. The third-order valence-electron chi connectivity index (χ3n) is 4.08. The van der Waals surface area contributed by atoms with Crippen LogP contribution in [0.15, 0.2) is 54.7 Å². The van der Waals surface area contributed by atoms with Crippen LogP contribution in [0.5, 0.6) is 11.5 Å². The molecule has 3 rings (SSSR count). The van der Waals surface area contributed by atoms with Gasteiger partial charge in [0.05, 0.1) is 12.1 Å². The summed E-state index contributed by atoms with van der Waals surface area (Å²) in [6.07, 6.45) is 2.28. The molecule has 1 aromatic heterocycles. The summed E-state index contributed by atoms with van der Waals surface area (Å²) in [5.41, 5.74) is 2.87. The van der Waals surface area contributed by atoms with Crippen molar-refractivity contribution in [1.82, 2.24) is 4.98 Å². The van der Waals surface area contributed by atoms with E-state index in [1.165, 1.54) is 0 Å². The fraction of sp³-hybridized carbons (Fsp3) is 0.238. The average molecular weight is 351 g/mol. The van der Waals surface area contributed by atoms with E-state index in [1.54, 1.807) is 6.20 Å². The number of aromatic nitrogens is 1. The van der Waals surface area contributed by atoms with E-state index in [4.69, 9.17) is 14.6 Å². The van der Waals surface area contributed by atoms with E-state index >= 15 is 0 Å². The van der Waals surface area contributed by atoms with Gasteiger partial charge in [0.1, 0.15) is 18.1 Å². The maximum absolute atomic E-state index is 10.8. The van der Waals surface area contributed by atoms with Crippen molar-refractivity contribution in [1.29, 1.82) is 0 Å². The van der Waals surface area contributed by atoms with E-state index < -0.39 is 5.97 Å². The van der Waals surface area contributed by atoms with Crippen LogP contribution in [0, 0.1) is 0 Å². The van der Waals surface area contributed by atoms with E-state index in [0.717, 1.165) is 22.0 Å². The van der Waals surface area contributed by atoms with Crippen LogP contribution in [0.25, 0.3) is 10.9 Å². The van der Waals surface area contributed by atoms with Gasteiger partial charge in [-0.15, -0.1) is 0 Å². The number of para-hydroxylation sites is 1. The first-order valence-electron chi connectivity index (χ1n) is 8.60. The molecule has 0 radical (unpaired) electrons. The number of aryl methyl sites for hydroxylation is 1. The molecule has 0 unspecified atom stereocenters. The fourth-order valence-corrected chi connectivity index (χ4v) is 2.80. The summed E-state index contributed by atoms with van der Waals surface area (Å²) in [4.78, 5) is 15.2. The van der Waals surface area contributed by atoms with Crippen LogP contribution in [-0.2, 0) is 17.8 Å². The van der Waals surface area contributed by atoms with Crippen molar-refractivity contribution in [2.75, 3.05) is 6.61 Å². The van der Waals surface area contributed by atoms with Gasteiger partial charge < -0.3 is 14.6 Å². The first-order chi connectivity index (χ1) is 12.7. The second-order valence-corrected chi connectivity index (χ2v) is 5.87. The van der Waals surface area contributed by atoms with Crippen molar-refractivity contribution in [2.24, 2.45) is 0 Å². The lowest BCUT2D eigenvalue weighted by Gasteiger charge is -2.13. The molecule has 0 saturated carbocycles. The number of benzene rings is 2. The molecule has 0 aliphatic heterocycles. The molecule has 26 heavy (non-hydrogen) atoms. The van der Waals surface area contributed by atoms with Gasteiger partial charge in [-0.2, -0.15) is 0 Å². The molecule has 0 spiro atoms.